The first-order valence-corrected chi connectivity index (χ1v) is 12.7. The first-order valence-electron chi connectivity index (χ1n) is 12.7. The highest BCUT2D eigenvalue weighted by molar-refractivity contribution is 5.95. The number of nitrogens with zero attached hydrogens (tertiary/aromatic N) is 2. The maximum Gasteiger partial charge on any atom is 0.407 e. The Morgan fingerprint density at radius 3 is 1.92 bits per heavy atom. The molecule has 4 amide bonds. The number of ether oxygens (including phenoxy) is 1. The van der Waals surface area contributed by atoms with Crippen molar-refractivity contribution in [2.45, 2.75) is 20.1 Å². The summed E-state index contributed by atoms with van der Waals surface area (Å²) >= 11 is 0. The summed E-state index contributed by atoms with van der Waals surface area (Å²) < 4.78 is 5.23. The highest BCUT2D eigenvalue weighted by Crippen LogP contribution is 2.08. The molecule has 0 aromatic heterocycles. The van der Waals surface area contributed by atoms with Crippen molar-refractivity contribution in [2.75, 3.05) is 33.2 Å². The fourth-order valence-corrected chi connectivity index (χ4v) is 3.70. The van der Waals surface area contributed by atoms with Crippen LogP contribution in [0.15, 0.2) is 84.9 Å². The van der Waals surface area contributed by atoms with Gasteiger partial charge in [-0.1, -0.05) is 60.7 Å². The summed E-state index contributed by atoms with van der Waals surface area (Å²) in [6.07, 6.45) is -0.572. The van der Waals surface area contributed by atoms with E-state index in [4.69, 9.17) is 4.74 Å². The van der Waals surface area contributed by atoms with E-state index >= 15 is 0 Å². The second kappa shape index (κ2) is 14.9. The molecule has 0 aliphatic heterocycles. The molecule has 3 aromatic rings. The van der Waals surface area contributed by atoms with E-state index in [0.717, 1.165) is 11.1 Å². The van der Waals surface area contributed by atoms with E-state index in [9.17, 15) is 19.2 Å². The zero-order valence-electron chi connectivity index (χ0n) is 22.3. The zero-order valence-corrected chi connectivity index (χ0v) is 22.3. The summed E-state index contributed by atoms with van der Waals surface area (Å²) in [5.41, 5.74) is 2.79. The minimum absolute atomic E-state index is 0.0364. The molecule has 0 aliphatic rings. The van der Waals surface area contributed by atoms with Gasteiger partial charge in [-0.25, -0.2) is 4.79 Å². The smallest absolute Gasteiger partial charge is 0.407 e. The molecule has 0 atom stereocenters. The first kappa shape index (κ1) is 28.9. The minimum atomic E-state index is -0.572. The number of hydrogen-bond donors (Lipinski definition) is 2. The third-order valence-corrected chi connectivity index (χ3v) is 6.01. The molecule has 0 unspecified atom stereocenters. The molecule has 204 valence electrons. The van der Waals surface area contributed by atoms with Gasteiger partial charge >= 0.3 is 6.09 Å². The van der Waals surface area contributed by atoms with Crippen LogP contribution in [0.5, 0.6) is 0 Å². The average molecular weight is 531 g/mol. The van der Waals surface area contributed by atoms with E-state index in [1.165, 1.54) is 6.92 Å². The Labute approximate surface area is 228 Å². The summed E-state index contributed by atoms with van der Waals surface area (Å²) in [5, 5.41) is 5.52. The van der Waals surface area contributed by atoms with E-state index in [2.05, 4.69) is 10.6 Å². The molecule has 0 spiro atoms. The summed E-state index contributed by atoms with van der Waals surface area (Å²) in [4.78, 5) is 52.4. The third-order valence-electron chi connectivity index (χ3n) is 6.01. The molecule has 39 heavy (non-hydrogen) atoms. The van der Waals surface area contributed by atoms with Gasteiger partial charge in [0, 0.05) is 57.8 Å². The molecule has 9 nitrogen and oxygen atoms in total. The Hall–Kier alpha value is -4.66. The standard InChI is InChI=1S/C30H34N4O5/c1-23(35)33(2)21-24-13-15-26(16-14-24)28(36)31-17-19-34(29(37)27-11-7-4-8-12-27)20-18-32-30(38)39-22-25-9-5-3-6-10-25/h3-16H,17-22H2,1-2H3,(H,31,36)(H,32,38). The first-order chi connectivity index (χ1) is 18.8. The highest BCUT2D eigenvalue weighted by Gasteiger charge is 2.16. The number of carbonyl (C=O) groups excluding carboxylic acids is 4. The van der Waals surface area contributed by atoms with Crippen LogP contribution in [0.4, 0.5) is 4.79 Å². The Balaban J connectivity index is 1.51. The van der Waals surface area contributed by atoms with Crippen LogP contribution in [0.3, 0.4) is 0 Å². The number of alkyl carbamates (subject to hydrolysis) is 1. The Morgan fingerprint density at radius 1 is 0.718 bits per heavy atom. The molecule has 0 radical (unpaired) electrons. The average Bonchev–Trinajstić information content (AvgIpc) is 2.96. The van der Waals surface area contributed by atoms with Crippen LogP contribution in [0, 0.1) is 0 Å². The topological polar surface area (TPSA) is 108 Å². The van der Waals surface area contributed by atoms with Crippen molar-refractivity contribution in [3.63, 3.8) is 0 Å². The second-order valence-electron chi connectivity index (χ2n) is 8.97. The van der Waals surface area contributed by atoms with Gasteiger partial charge in [0.05, 0.1) is 0 Å². The van der Waals surface area contributed by atoms with Gasteiger partial charge in [-0.2, -0.15) is 0 Å². The van der Waals surface area contributed by atoms with Crippen molar-refractivity contribution in [3.8, 4) is 0 Å². The summed E-state index contributed by atoms with van der Waals surface area (Å²) in [7, 11) is 1.72. The highest BCUT2D eigenvalue weighted by atomic mass is 16.5. The summed E-state index contributed by atoms with van der Waals surface area (Å²) in [5.74, 6) is -0.509. The van der Waals surface area contributed by atoms with Crippen molar-refractivity contribution in [2.24, 2.45) is 0 Å². The van der Waals surface area contributed by atoms with Crippen LogP contribution in [-0.4, -0.2) is 66.8 Å². The lowest BCUT2D eigenvalue weighted by Crippen LogP contribution is -2.42. The number of benzene rings is 3. The number of hydrogen-bond acceptors (Lipinski definition) is 5. The van der Waals surface area contributed by atoms with Gasteiger partial charge in [-0.05, 0) is 35.4 Å². The van der Waals surface area contributed by atoms with Gasteiger partial charge in [0.15, 0.2) is 0 Å². The van der Waals surface area contributed by atoms with E-state index < -0.39 is 6.09 Å². The van der Waals surface area contributed by atoms with E-state index in [0.29, 0.717) is 17.7 Å². The van der Waals surface area contributed by atoms with Gasteiger partial charge in [0.2, 0.25) is 5.91 Å². The normalized spacial score (nSPS) is 10.3. The molecular weight excluding hydrogens is 496 g/mol. The van der Waals surface area contributed by atoms with Crippen molar-refractivity contribution in [3.05, 3.63) is 107 Å². The van der Waals surface area contributed by atoms with Crippen LogP contribution >= 0.6 is 0 Å². The molecule has 0 heterocycles. The lowest BCUT2D eigenvalue weighted by atomic mass is 10.1. The Morgan fingerprint density at radius 2 is 1.31 bits per heavy atom. The Kier molecular flexibility index (Phi) is 11.1. The summed E-state index contributed by atoms with van der Waals surface area (Å²) in [6.45, 7) is 3.02. The zero-order chi connectivity index (χ0) is 28.0. The van der Waals surface area contributed by atoms with Crippen molar-refractivity contribution >= 4 is 23.8 Å². The van der Waals surface area contributed by atoms with Gasteiger partial charge in [0.1, 0.15) is 6.61 Å². The molecule has 3 aromatic carbocycles. The van der Waals surface area contributed by atoms with Crippen LogP contribution in [-0.2, 0) is 22.7 Å². The SMILES string of the molecule is CC(=O)N(C)Cc1ccc(C(=O)NCCN(CCNC(=O)OCc2ccccc2)C(=O)c2ccccc2)cc1. The van der Waals surface area contributed by atoms with E-state index in [1.807, 2.05) is 48.5 Å². The predicted octanol–water partition coefficient (Wildman–Crippen LogP) is 3.46. The van der Waals surface area contributed by atoms with Crippen LogP contribution in [0.2, 0.25) is 0 Å². The molecule has 0 fully saturated rings. The van der Waals surface area contributed by atoms with Crippen LogP contribution in [0.1, 0.15) is 38.8 Å². The lowest BCUT2D eigenvalue weighted by molar-refractivity contribution is -0.128. The number of rotatable bonds is 12. The quantitative estimate of drug-likeness (QED) is 0.373. The largest absolute Gasteiger partial charge is 0.445 e. The van der Waals surface area contributed by atoms with Gasteiger partial charge in [0.25, 0.3) is 11.8 Å². The fraction of sp³-hybridized carbons (Fsp3) is 0.267. The van der Waals surface area contributed by atoms with Crippen molar-refractivity contribution < 1.29 is 23.9 Å². The van der Waals surface area contributed by atoms with Gasteiger partial charge < -0.3 is 25.2 Å². The Bertz CT molecular complexity index is 1230. The van der Waals surface area contributed by atoms with Gasteiger partial charge in [-0.15, -0.1) is 0 Å². The maximum atomic E-state index is 13.1. The molecule has 3 rings (SSSR count). The second-order valence-corrected chi connectivity index (χ2v) is 8.97. The van der Waals surface area contributed by atoms with Gasteiger partial charge in [-0.3, -0.25) is 14.4 Å². The molecule has 0 bridgehead atoms. The number of carbonyl (C=O) groups is 4. The van der Waals surface area contributed by atoms with Crippen LogP contribution < -0.4 is 10.6 Å². The summed E-state index contributed by atoms with van der Waals surface area (Å²) in [6, 6.07) is 25.2. The van der Waals surface area contributed by atoms with Crippen molar-refractivity contribution in [1.29, 1.82) is 0 Å². The molecular formula is C30H34N4O5. The number of amides is 4. The molecule has 9 heteroatoms. The van der Waals surface area contributed by atoms with Crippen LogP contribution in [0.25, 0.3) is 0 Å². The van der Waals surface area contributed by atoms with E-state index in [1.54, 1.807) is 53.2 Å². The molecule has 0 saturated carbocycles. The minimum Gasteiger partial charge on any atom is -0.445 e. The predicted molar refractivity (Wildman–Crippen MR) is 148 cm³/mol. The fourth-order valence-electron chi connectivity index (χ4n) is 3.70. The lowest BCUT2D eigenvalue weighted by Gasteiger charge is -2.23. The maximum absolute atomic E-state index is 13.1. The number of nitrogens with one attached hydrogen (secondary N) is 2. The van der Waals surface area contributed by atoms with Crippen molar-refractivity contribution in [1.82, 2.24) is 20.4 Å². The van der Waals surface area contributed by atoms with E-state index in [-0.39, 0.29) is 50.5 Å². The monoisotopic (exact) mass is 530 g/mol. The third kappa shape index (κ3) is 9.62. The molecule has 2 N–H and O–H groups in total. The molecule has 0 saturated heterocycles. The molecule has 0 aliphatic carbocycles.